The number of anilines is 4. The molecule has 1 saturated heterocycles. The van der Waals surface area contributed by atoms with Gasteiger partial charge in [0.1, 0.15) is 0 Å². The Morgan fingerprint density at radius 3 is 2.33 bits per heavy atom. The number of hydrogen-bond acceptors (Lipinski definition) is 8. The Balaban J connectivity index is 1.35. The van der Waals surface area contributed by atoms with Crippen molar-refractivity contribution < 1.29 is 0 Å². The Bertz CT molecular complexity index is 1310. The summed E-state index contributed by atoms with van der Waals surface area (Å²) in [7, 11) is 0. The first kappa shape index (κ1) is 24.1. The largest absolute Gasteiger partial charge is 0.341 e. The van der Waals surface area contributed by atoms with Crippen LogP contribution in [0.4, 0.5) is 23.5 Å². The molecule has 2 heterocycles. The van der Waals surface area contributed by atoms with Gasteiger partial charge in [-0.05, 0) is 61.7 Å². The molecular weight excluding hydrogens is 490 g/mol. The molecule has 1 aromatic heterocycles. The number of rotatable bonds is 8. The third-order valence-electron chi connectivity index (χ3n) is 5.62. The predicted octanol–water partition coefficient (Wildman–Crippen LogP) is 6.86. The molecule has 0 bridgehead atoms. The van der Waals surface area contributed by atoms with Gasteiger partial charge in [0.15, 0.2) is 0 Å². The van der Waals surface area contributed by atoms with Crippen molar-refractivity contribution in [1.82, 2.24) is 15.0 Å². The first-order valence-electron chi connectivity index (χ1n) is 11.9. The maximum Gasteiger partial charge on any atom is 0.250 e. The number of benzene rings is 3. The molecule has 9 heteroatoms. The van der Waals surface area contributed by atoms with Gasteiger partial charge in [-0.25, -0.2) is 5.43 Å². The van der Waals surface area contributed by atoms with E-state index in [0.29, 0.717) is 17.8 Å². The van der Waals surface area contributed by atoms with E-state index in [1.165, 1.54) is 6.42 Å². The molecule has 5 rings (SSSR count). The van der Waals surface area contributed by atoms with Gasteiger partial charge < -0.3 is 10.2 Å². The standard InChI is InChI=1S/C27H26ClN7S/c28-21-13-15-23(16-14-21)36-24-12-6-5-9-20(24)19-29-34-26-31-25(30-22-10-3-1-4-11-22)32-27(33-26)35-17-7-2-8-18-35/h1,3-6,9-16,19H,2,7-8,17-18H2,(H2,30,31,32,33,34). The summed E-state index contributed by atoms with van der Waals surface area (Å²) in [6.07, 6.45) is 5.29. The van der Waals surface area contributed by atoms with E-state index in [4.69, 9.17) is 11.6 Å². The predicted molar refractivity (Wildman–Crippen MR) is 149 cm³/mol. The quantitative estimate of drug-likeness (QED) is 0.196. The highest BCUT2D eigenvalue weighted by Gasteiger charge is 2.16. The van der Waals surface area contributed by atoms with Gasteiger partial charge in [0.05, 0.1) is 6.21 Å². The summed E-state index contributed by atoms with van der Waals surface area (Å²) in [6, 6.07) is 25.8. The molecule has 0 amide bonds. The SMILES string of the molecule is Clc1ccc(Sc2ccccc2C=NNc2nc(Nc3ccccc3)nc(N3CCCCC3)n2)cc1. The lowest BCUT2D eigenvalue weighted by Gasteiger charge is -2.26. The van der Waals surface area contributed by atoms with E-state index in [2.05, 4.69) is 41.8 Å². The molecule has 3 aromatic carbocycles. The van der Waals surface area contributed by atoms with Crippen LogP contribution in [0.25, 0.3) is 0 Å². The minimum Gasteiger partial charge on any atom is -0.341 e. The molecule has 0 aliphatic carbocycles. The number of aromatic nitrogens is 3. The van der Waals surface area contributed by atoms with Gasteiger partial charge in [-0.1, -0.05) is 59.8 Å². The molecule has 7 nitrogen and oxygen atoms in total. The van der Waals surface area contributed by atoms with E-state index in [1.807, 2.05) is 72.8 Å². The van der Waals surface area contributed by atoms with E-state index in [-0.39, 0.29) is 0 Å². The Labute approximate surface area is 220 Å². The Morgan fingerprint density at radius 2 is 1.53 bits per heavy atom. The van der Waals surface area contributed by atoms with E-state index in [0.717, 1.165) is 52.0 Å². The number of nitrogens with zero attached hydrogens (tertiary/aromatic N) is 5. The number of piperidine rings is 1. The highest BCUT2D eigenvalue weighted by atomic mass is 35.5. The van der Waals surface area contributed by atoms with Gasteiger partial charge in [0.25, 0.3) is 0 Å². The fourth-order valence-corrected chi connectivity index (χ4v) is 4.86. The summed E-state index contributed by atoms with van der Waals surface area (Å²) < 4.78 is 0. The van der Waals surface area contributed by atoms with Crippen molar-refractivity contribution in [3.05, 3.63) is 89.4 Å². The average molecular weight is 516 g/mol. The number of halogens is 1. The summed E-state index contributed by atoms with van der Waals surface area (Å²) in [4.78, 5) is 18.3. The third-order valence-corrected chi connectivity index (χ3v) is 6.97. The molecule has 182 valence electrons. The van der Waals surface area contributed by atoms with Crippen LogP contribution in [0.3, 0.4) is 0 Å². The molecule has 2 N–H and O–H groups in total. The molecule has 36 heavy (non-hydrogen) atoms. The second-order valence-electron chi connectivity index (χ2n) is 8.29. The van der Waals surface area contributed by atoms with Crippen LogP contribution in [-0.4, -0.2) is 34.3 Å². The van der Waals surface area contributed by atoms with Crippen LogP contribution in [0.5, 0.6) is 0 Å². The van der Waals surface area contributed by atoms with E-state index >= 15 is 0 Å². The van der Waals surface area contributed by atoms with Gasteiger partial charge in [0.2, 0.25) is 17.8 Å². The van der Waals surface area contributed by atoms with Crippen LogP contribution >= 0.6 is 23.4 Å². The van der Waals surface area contributed by atoms with Crippen molar-refractivity contribution in [2.24, 2.45) is 5.10 Å². The van der Waals surface area contributed by atoms with E-state index in [9.17, 15) is 0 Å². The fraction of sp³-hybridized carbons (Fsp3) is 0.185. The Kier molecular flexibility index (Phi) is 7.95. The van der Waals surface area contributed by atoms with E-state index in [1.54, 1.807) is 18.0 Å². The Morgan fingerprint density at radius 1 is 0.806 bits per heavy atom. The molecule has 0 unspecified atom stereocenters. The molecular formula is C27H26ClN7S. The van der Waals surface area contributed by atoms with Gasteiger partial charge >= 0.3 is 0 Å². The van der Waals surface area contributed by atoms with Crippen LogP contribution in [0.15, 0.2) is 93.8 Å². The summed E-state index contributed by atoms with van der Waals surface area (Å²) in [6.45, 7) is 1.87. The average Bonchev–Trinajstić information content (AvgIpc) is 2.92. The van der Waals surface area contributed by atoms with E-state index < -0.39 is 0 Å². The lowest BCUT2D eigenvalue weighted by molar-refractivity contribution is 0.568. The minimum absolute atomic E-state index is 0.392. The molecule has 0 radical (unpaired) electrons. The minimum atomic E-state index is 0.392. The highest BCUT2D eigenvalue weighted by Crippen LogP contribution is 2.30. The van der Waals surface area contributed by atoms with Crippen LogP contribution in [0, 0.1) is 0 Å². The Hall–Kier alpha value is -3.62. The fourth-order valence-electron chi connectivity index (χ4n) is 3.83. The third kappa shape index (κ3) is 6.53. The molecule has 1 aliphatic rings. The second-order valence-corrected chi connectivity index (χ2v) is 9.84. The molecule has 0 saturated carbocycles. The lowest BCUT2D eigenvalue weighted by Crippen LogP contribution is -2.31. The van der Waals surface area contributed by atoms with Gasteiger partial charge in [0, 0.05) is 39.2 Å². The first-order valence-corrected chi connectivity index (χ1v) is 13.1. The maximum atomic E-state index is 6.03. The lowest BCUT2D eigenvalue weighted by atomic mass is 10.1. The van der Waals surface area contributed by atoms with Gasteiger partial charge in [-0.15, -0.1) is 0 Å². The molecule has 0 atom stereocenters. The van der Waals surface area contributed by atoms with Gasteiger partial charge in [-0.3, -0.25) is 0 Å². The highest BCUT2D eigenvalue weighted by molar-refractivity contribution is 7.99. The number of hydrogen-bond donors (Lipinski definition) is 2. The van der Waals surface area contributed by atoms with Crippen molar-refractivity contribution >= 4 is 53.1 Å². The zero-order valence-electron chi connectivity index (χ0n) is 19.6. The summed E-state index contributed by atoms with van der Waals surface area (Å²) in [5.74, 6) is 1.52. The topological polar surface area (TPSA) is 78.3 Å². The van der Waals surface area contributed by atoms with Crippen LogP contribution in [0.1, 0.15) is 24.8 Å². The van der Waals surface area contributed by atoms with Crippen molar-refractivity contribution in [1.29, 1.82) is 0 Å². The normalized spacial score (nSPS) is 13.6. The summed E-state index contributed by atoms with van der Waals surface area (Å²) in [5, 5.41) is 8.46. The van der Waals surface area contributed by atoms with Crippen molar-refractivity contribution in [3.8, 4) is 0 Å². The zero-order valence-corrected chi connectivity index (χ0v) is 21.2. The molecule has 1 fully saturated rings. The van der Waals surface area contributed by atoms with Crippen molar-refractivity contribution in [2.45, 2.75) is 29.1 Å². The van der Waals surface area contributed by atoms with Crippen LogP contribution < -0.4 is 15.6 Å². The summed E-state index contributed by atoms with van der Waals surface area (Å²) in [5.41, 5.74) is 4.91. The monoisotopic (exact) mass is 515 g/mol. The molecule has 1 aliphatic heterocycles. The molecule has 4 aromatic rings. The number of nitrogens with one attached hydrogen (secondary N) is 2. The summed E-state index contributed by atoms with van der Waals surface area (Å²) >= 11 is 7.69. The van der Waals surface area contributed by atoms with Crippen molar-refractivity contribution in [3.63, 3.8) is 0 Å². The second kappa shape index (κ2) is 11.9. The zero-order chi connectivity index (χ0) is 24.6. The first-order chi connectivity index (χ1) is 17.7. The van der Waals surface area contributed by atoms with Crippen molar-refractivity contribution in [2.75, 3.05) is 28.7 Å². The van der Waals surface area contributed by atoms with Crippen LogP contribution in [0.2, 0.25) is 5.02 Å². The van der Waals surface area contributed by atoms with Gasteiger partial charge in [-0.2, -0.15) is 20.1 Å². The number of para-hydroxylation sites is 1. The van der Waals surface area contributed by atoms with Crippen LogP contribution in [-0.2, 0) is 0 Å². The molecule has 0 spiro atoms. The maximum absolute atomic E-state index is 6.03. The smallest absolute Gasteiger partial charge is 0.250 e. The number of hydrazone groups is 1.